The van der Waals surface area contributed by atoms with Gasteiger partial charge in [-0.1, -0.05) is 23.7 Å². The highest BCUT2D eigenvalue weighted by Crippen LogP contribution is 2.37. The number of amides is 1. The molecule has 0 aliphatic heterocycles. The predicted molar refractivity (Wildman–Crippen MR) is 133 cm³/mol. The van der Waals surface area contributed by atoms with Gasteiger partial charge < -0.3 is 19.5 Å². The van der Waals surface area contributed by atoms with Crippen LogP contribution >= 0.6 is 11.6 Å². The molecule has 0 heterocycles. The van der Waals surface area contributed by atoms with Gasteiger partial charge >= 0.3 is 5.97 Å². The van der Waals surface area contributed by atoms with Gasteiger partial charge in [0.15, 0.2) is 11.5 Å². The fourth-order valence-electron chi connectivity index (χ4n) is 3.16. The molecule has 1 amide bonds. The van der Waals surface area contributed by atoms with Gasteiger partial charge in [-0.15, -0.1) is 0 Å². The fourth-order valence-corrected chi connectivity index (χ4v) is 3.44. The standard InChI is InChI=1S/C27H22ClFN2O5/c1-3-35-27(33)19-7-9-22(10-8-19)31-26(32)20(15-30)11-18-13-23(28)25(24(14-18)34-2)36-16-17-5-4-6-21(29)12-17/h4-14H,3,16H2,1-2H3,(H,31,32)/b20-11+. The first-order chi connectivity index (χ1) is 17.3. The summed E-state index contributed by atoms with van der Waals surface area (Å²) in [5.41, 5.74) is 1.59. The lowest BCUT2D eigenvalue weighted by atomic mass is 10.1. The minimum absolute atomic E-state index is 0.0594. The summed E-state index contributed by atoms with van der Waals surface area (Å²) in [5.74, 6) is -0.986. The maximum absolute atomic E-state index is 13.4. The minimum atomic E-state index is -0.650. The normalized spacial score (nSPS) is 10.8. The van der Waals surface area contributed by atoms with Crippen LogP contribution in [0.5, 0.6) is 11.5 Å². The summed E-state index contributed by atoms with van der Waals surface area (Å²) in [4.78, 5) is 24.4. The van der Waals surface area contributed by atoms with Gasteiger partial charge in [0.1, 0.15) is 24.1 Å². The van der Waals surface area contributed by atoms with Crippen LogP contribution in [0.15, 0.2) is 66.2 Å². The van der Waals surface area contributed by atoms with E-state index >= 15 is 0 Å². The molecule has 0 fully saturated rings. The molecule has 36 heavy (non-hydrogen) atoms. The Morgan fingerprint density at radius 1 is 1.14 bits per heavy atom. The summed E-state index contributed by atoms with van der Waals surface area (Å²) in [6.07, 6.45) is 1.35. The van der Waals surface area contributed by atoms with Crippen molar-refractivity contribution in [2.75, 3.05) is 19.0 Å². The molecule has 0 radical (unpaired) electrons. The molecule has 0 atom stereocenters. The number of hydrogen-bond acceptors (Lipinski definition) is 6. The smallest absolute Gasteiger partial charge is 0.338 e. The van der Waals surface area contributed by atoms with Gasteiger partial charge in [-0.05, 0) is 72.7 Å². The Balaban J connectivity index is 1.76. The summed E-state index contributed by atoms with van der Waals surface area (Å²) in [5, 5.41) is 12.3. The molecule has 0 bridgehead atoms. The van der Waals surface area contributed by atoms with E-state index in [1.54, 1.807) is 25.1 Å². The molecule has 0 aliphatic rings. The number of methoxy groups -OCH3 is 1. The number of nitrogens with one attached hydrogen (secondary N) is 1. The molecule has 0 spiro atoms. The first-order valence-electron chi connectivity index (χ1n) is 10.8. The lowest BCUT2D eigenvalue weighted by molar-refractivity contribution is -0.112. The third kappa shape index (κ3) is 6.84. The number of benzene rings is 3. The average Bonchev–Trinajstić information content (AvgIpc) is 2.86. The molecule has 0 aromatic heterocycles. The largest absolute Gasteiger partial charge is 0.493 e. The quantitative estimate of drug-likeness (QED) is 0.223. The molecule has 184 valence electrons. The summed E-state index contributed by atoms with van der Waals surface area (Å²) >= 11 is 6.38. The van der Waals surface area contributed by atoms with E-state index in [1.165, 1.54) is 55.7 Å². The fraction of sp³-hybridized carbons (Fsp3) is 0.148. The molecule has 9 heteroatoms. The van der Waals surface area contributed by atoms with Crippen LogP contribution in [0.1, 0.15) is 28.4 Å². The lowest BCUT2D eigenvalue weighted by Gasteiger charge is -2.14. The Hall–Kier alpha value is -4.35. The zero-order chi connectivity index (χ0) is 26.1. The molecule has 0 aliphatic carbocycles. The van der Waals surface area contributed by atoms with Gasteiger partial charge in [0.05, 0.1) is 24.3 Å². The highest BCUT2D eigenvalue weighted by Gasteiger charge is 2.15. The van der Waals surface area contributed by atoms with Crippen molar-refractivity contribution in [1.29, 1.82) is 5.26 Å². The number of anilines is 1. The Morgan fingerprint density at radius 2 is 1.89 bits per heavy atom. The third-order valence-corrected chi connectivity index (χ3v) is 5.13. The predicted octanol–water partition coefficient (Wildman–Crippen LogP) is 5.79. The summed E-state index contributed by atoms with van der Waals surface area (Å²) in [6, 6.07) is 17.0. The maximum Gasteiger partial charge on any atom is 0.338 e. The average molecular weight is 509 g/mol. The number of nitrogens with zero attached hydrogens (tertiary/aromatic N) is 1. The zero-order valence-electron chi connectivity index (χ0n) is 19.5. The van der Waals surface area contributed by atoms with Gasteiger partial charge in [-0.2, -0.15) is 5.26 Å². The van der Waals surface area contributed by atoms with Crippen molar-refractivity contribution in [3.8, 4) is 17.6 Å². The van der Waals surface area contributed by atoms with Crippen molar-refractivity contribution in [2.45, 2.75) is 13.5 Å². The molecule has 3 aromatic rings. The number of esters is 1. The molecular formula is C27H22ClFN2O5. The zero-order valence-corrected chi connectivity index (χ0v) is 20.3. The van der Waals surface area contributed by atoms with E-state index in [0.29, 0.717) is 22.4 Å². The summed E-state index contributed by atoms with van der Waals surface area (Å²) < 4.78 is 29.4. The van der Waals surface area contributed by atoms with Crippen molar-refractivity contribution >= 4 is 35.2 Å². The van der Waals surface area contributed by atoms with Gasteiger partial charge in [0.25, 0.3) is 5.91 Å². The number of nitriles is 1. The second kappa shape index (κ2) is 12.4. The molecule has 0 unspecified atom stereocenters. The van der Waals surface area contributed by atoms with E-state index in [1.807, 2.05) is 6.07 Å². The second-order valence-electron chi connectivity index (χ2n) is 7.37. The Morgan fingerprint density at radius 3 is 2.53 bits per heavy atom. The summed E-state index contributed by atoms with van der Waals surface area (Å²) in [6.45, 7) is 2.02. The molecule has 3 aromatic carbocycles. The van der Waals surface area contributed by atoms with E-state index < -0.39 is 11.9 Å². The number of hydrogen-bond donors (Lipinski definition) is 1. The van der Waals surface area contributed by atoms with Crippen LogP contribution in [-0.4, -0.2) is 25.6 Å². The van der Waals surface area contributed by atoms with Gasteiger partial charge in [0, 0.05) is 5.69 Å². The highest BCUT2D eigenvalue weighted by molar-refractivity contribution is 6.32. The Bertz CT molecular complexity index is 1330. The van der Waals surface area contributed by atoms with Gasteiger partial charge in [-0.3, -0.25) is 4.79 Å². The molecule has 1 N–H and O–H groups in total. The number of carbonyl (C=O) groups excluding carboxylic acids is 2. The van der Waals surface area contributed by atoms with Gasteiger partial charge in [0.2, 0.25) is 0 Å². The van der Waals surface area contributed by atoms with Crippen LogP contribution in [0.2, 0.25) is 5.02 Å². The lowest BCUT2D eigenvalue weighted by Crippen LogP contribution is -2.13. The van der Waals surface area contributed by atoms with Crippen molar-refractivity contribution in [1.82, 2.24) is 0 Å². The number of carbonyl (C=O) groups is 2. The van der Waals surface area contributed by atoms with Crippen LogP contribution < -0.4 is 14.8 Å². The van der Waals surface area contributed by atoms with Crippen LogP contribution in [0.3, 0.4) is 0 Å². The molecule has 0 saturated carbocycles. The molecular weight excluding hydrogens is 487 g/mol. The molecule has 7 nitrogen and oxygen atoms in total. The first kappa shape index (κ1) is 26.3. The van der Waals surface area contributed by atoms with E-state index in [0.717, 1.165) is 0 Å². The minimum Gasteiger partial charge on any atom is -0.493 e. The van der Waals surface area contributed by atoms with Gasteiger partial charge in [-0.25, -0.2) is 9.18 Å². The van der Waals surface area contributed by atoms with Crippen LogP contribution in [0.4, 0.5) is 10.1 Å². The van der Waals surface area contributed by atoms with Crippen LogP contribution in [0.25, 0.3) is 6.08 Å². The van der Waals surface area contributed by atoms with Crippen molar-refractivity contribution in [3.63, 3.8) is 0 Å². The second-order valence-corrected chi connectivity index (χ2v) is 7.78. The van der Waals surface area contributed by atoms with Crippen LogP contribution in [0, 0.1) is 17.1 Å². The molecule has 0 saturated heterocycles. The van der Waals surface area contributed by atoms with E-state index in [9.17, 15) is 19.2 Å². The third-order valence-electron chi connectivity index (χ3n) is 4.85. The van der Waals surface area contributed by atoms with Crippen molar-refractivity contribution in [3.05, 3.63) is 93.8 Å². The number of rotatable bonds is 9. The van der Waals surface area contributed by atoms with E-state index in [-0.39, 0.29) is 41.1 Å². The topological polar surface area (TPSA) is 97.7 Å². The monoisotopic (exact) mass is 508 g/mol. The SMILES string of the molecule is CCOC(=O)c1ccc(NC(=O)/C(C#N)=C/c2cc(Cl)c(OCc3cccc(F)c3)c(OC)c2)cc1. The van der Waals surface area contributed by atoms with E-state index in [2.05, 4.69) is 5.32 Å². The van der Waals surface area contributed by atoms with Crippen molar-refractivity contribution < 1.29 is 28.2 Å². The maximum atomic E-state index is 13.4. The Labute approximate surface area is 212 Å². The molecule has 3 rings (SSSR count). The van der Waals surface area contributed by atoms with E-state index in [4.69, 9.17) is 25.8 Å². The summed E-state index contributed by atoms with van der Waals surface area (Å²) in [7, 11) is 1.42. The van der Waals surface area contributed by atoms with Crippen molar-refractivity contribution in [2.24, 2.45) is 0 Å². The first-order valence-corrected chi connectivity index (χ1v) is 11.2. The number of ether oxygens (including phenoxy) is 3. The highest BCUT2D eigenvalue weighted by atomic mass is 35.5. The number of halogens is 2. The van der Waals surface area contributed by atoms with Crippen LogP contribution in [-0.2, 0) is 16.1 Å². The Kier molecular flexibility index (Phi) is 9.03.